The number of amides is 2. The molecule has 0 saturated carbocycles. The molecule has 12 heteroatoms. The summed E-state index contributed by atoms with van der Waals surface area (Å²) < 4.78 is 16.9. The van der Waals surface area contributed by atoms with Crippen molar-refractivity contribution in [3.05, 3.63) is 76.8 Å². The van der Waals surface area contributed by atoms with Gasteiger partial charge in [-0.15, -0.1) is 11.6 Å². The van der Waals surface area contributed by atoms with Crippen LogP contribution in [0.5, 0.6) is 5.75 Å². The van der Waals surface area contributed by atoms with Crippen molar-refractivity contribution < 1.29 is 38.5 Å². The lowest BCUT2D eigenvalue weighted by molar-refractivity contribution is -0.180. The number of halogens is 2. The number of esters is 2. The Morgan fingerprint density at radius 1 is 1.04 bits per heavy atom. The molecule has 0 bridgehead atoms. The maximum absolute atomic E-state index is 13.6. The van der Waals surface area contributed by atoms with Crippen LogP contribution >= 0.6 is 23.2 Å². The van der Waals surface area contributed by atoms with E-state index in [-0.39, 0.29) is 31.7 Å². The number of ether oxygens (including phenoxy) is 3. The van der Waals surface area contributed by atoms with Gasteiger partial charge in [-0.05, 0) is 55.5 Å². The summed E-state index contributed by atoms with van der Waals surface area (Å²) >= 11 is 13.0. The molecule has 3 N–H and O–H groups in total. The molecule has 2 aromatic carbocycles. The zero-order valence-electron chi connectivity index (χ0n) is 28.2. The number of nitrogens with one attached hydrogen (secondary N) is 2. The average Bonchev–Trinajstić information content (AvgIpc) is 3.04. The number of cyclic esters (lactones) is 2. The fourth-order valence-corrected chi connectivity index (χ4v) is 5.79. The van der Waals surface area contributed by atoms with Crippen molar-refractivity contribution in [2.75, 3.05) is 13.7 Å². The molecule has 0 radical (unpaired) electrons. The van der Waals surface area contributed by atoms with Gasteiger partial charge in [-0.25, -0.2) is 4.79 Å². The molecule has 0 aromatic heterocycles. The molecule has 0 saturated heterocycles. The van der Waals surface area contributed by atoms with Crippen molar-refractivity contribution in [2.45, 2.75) is 83.6 Å². The molecular formula is C36H46Cl2N2O8. The number of hydrogen-bond acceptors (Lipinski definition) is 8. The van der Waals surface area contributed by atoms with Crippen LogP contribution in [-0.4, -0.2) is 66.9 Å². The zero-order valence-corrected chi connectivity index (χ0v) is 29.7. The summed E-state index contributed by atoms with van der Waals surface area (Å²) in [4.78, 5) is 53.6. The van der Waals surface area contributed by atoms with Gasteiger partial charge in [-0.2, -0.15) is 0 Å². The Labute approximate surface area is 292 Å². The van der Waals surface area contributed by atoms with Crippen LogP contribution in [0.15, 0.2) is 60.7 Å². The van der Waals surface area contributed by atoms with Crippen LogP contribution in [-0.2, 0) is 35.1 Å². The Hall–Kier alpha value is -3.60. The van der Waals surface area contributed by atoms with E-state index < -0.39 is 64.8 Å². The van der Waals surface area contributed by atoms with E-state index >= 15 is 0 Å². The first-order valence-corrected chi connectivity index (χ1v) is 16.8. The predicted molar refractivity (Wildman–Crippen MR) is 184 cm³/mol. The molecule has 0 spiro atoms. The number of alkyl halides is 1. The fourth-order valence-electron chi connectivity index (χ4n) is 5.14. The number of aliphatic hydroxyl groups is 1. The van der Waals surface area contributed by atoms with Gasteiger partial charge in [0.2, 0.25) is 11.8 Å². The first kappa shape index (κ1) is 38.8. The maximum atomic E-state index is 13.6. The SMILES string of the molecule is COc1ccc(C[C@@H]2NC(=O)/C=C/C[C@@H]([C@H](C)[C@@H](O)[C@@H](Cl)c3ccccc3)OC(=O)[C@H](CC(C)C)OC(=O)C(C)(C)CNC2=O)cc1Cl. The first-order valence-electron chi connectivity index (χ1n) is 16.0. The van der Waals surface area contributed by atoms with E-state index in [9.17, 15) is 24.3 Å². The average molecular weight is 706 g/mol. The summed E-state index contributed by atoms with van der Waals surface area (Å²) in [5.41, 5.74) is 0.104. The van der Waals surface area contributed by atoms with Gasteiger partial charge in [-0.1, -0.05) is 74.8 Å². The normalized spacial score (nSPS) is 23.6. The highest BCUT2D eigenvalue weighted by molar-refractivity contribution is 6.32. The number of aliphatic hydroxyl groups excluding tert-OH is 1. The van der Waals surface area contributed by atoms with Crippen LogP contribution in [0.1, 0.15) is 64.0 Å². The molecule has 1 aliphatic rings. The van der Waals surface area contributed by atoms with Crippen molar-refractivity contribution in [1.29, 1.82) is 0 Å². The zero-order chi connectivity index (χ0) is 35.6. The Morgan fingerprint density at radius 3 is 2.35 bits per heavy atom. The molecule has 6 atom stereocenters. The van der Waals surface area contributed by atoms with Crippen LogP contribution in [0.25, 0.3) is 0 Å². The van der Waals surface area contributed by atoms with Crippen LogP contribution in [0.3, 0.4) is 0 Å². The molecule has 1 heterocycles. The van der Waals surface area contributed by atoms with Crippen LogP contribution in [0.4, 0.5) is 0 Å². The fraction of sp³-hybridized carbons (Fsp3) is 0.500. The molecule has 10 nitrogen and oxygen atoms in total. The second-order valence-corrected chi connectivity index (χ2v) is 14.0. The highest BCUT2D eigenvalue weighted by Gasteiger charge is 2.38. The van der Waals surface area contributed by atoms with Gasteiger partial charge in [-0.3, -0.25) is 14.4 Å². The van der Waals surface area contributed by atoms with Crippen molar-refractivity contribution >= 4 is 47.0 Å². The largest absolute Gasteiger partial charge is 0.495 e. The quantitative estimate of drug-likeness (QED) is 0.235. The highest BCUT2D eigenvalue weighted by Crippen LogP contribution is 2.32. The molecular weight excluding hydrogens is 659 g/mol. The van der Waals surface area contributed by atoms with E-state index in [4.69, 9.17) is 37.4 Å². The van der Waals surface area contributed by atoms with E-state index in [1.165, 1.54) is 19.3 Å². The monoisotopic (exact) mass is 704 g/mol. The van der Waals surface area contributed by atoms with Gasteiger partial charge >= 0.3 is 11.9 Å². The van der Waals surface area contributed by atoms with Crippen molar-refractivity contribution in [2.24, 2.45) is 17.3 Å². The Morgan fingerprint density at radius 2 is 1.73 bits per heavy atom. The Bertz CT molecular complexity index is 1450. The van der Waals surface area contributed by atoms with Gasteiger partial charge in [0.1, 0.15) is 17.9 Å². The van der Waals surface area contributed by atoms with Gasteiger partial charge < -0.3 is 30.0 Å². The van der Waals surface area contributed by atoms with Crippen LogP contribution in [0, 0.1) is 17.3 Å². The molecule has 0 aliphatic carbocycles. The third-order valence-electron chi connectivity index (χ3n) is 8.19. The summed E-state index contributed by atoms with van der Waals surface area (Å²) in [6.45, 7) is 8.49. The van der Waals surface area contributed by atoms with Crippen molar-refractivity contribution in [3.8, 4) is 5.75 Å². The second kappa shape index (κ2) is 17.7. The lowest BCUT2D eigenvalue weighted by Gasteiger charge is -2.32. The number of hydrogen-bond donors (Lipinski definition) is 3. The maximum Gasteiger partial charge on any atom is 0.347 e. The number of benzene rings is 2. The molecule has 48 heavy (non-hydrogen) atoms. The van der Waals surface area contributed by atoms with Crippen molar-refractivity contribution in [1.82, 2.24) is 10.6 Å². The molecule has 2 aromatic rings. The van der Waals surface area contributed by atoms with E-state index in [0.717, 1.165) is 0 Å². The van der Waals surface area contributed by atoms with E-state index in [1.807, 2.05) is 19.9 Å². The molecule has 1 aliphatic heterocycles. The Balaban J connectivity index is 1.96. The smallest absolute Gasteiger partial charge is 0.347 e. The molecule has 0 fully saturated rings. The standard InChI is InChI=1S/C36H46Cl2N2O8/c1-21(2)17-29-34(44)47-27(22(3)32(42)31(38)24-11-8-7-9-12-24)13-10-14-30(41)40-26(19-23-15-16-28(46-6)25(37)18-23)33(43)39-20-36(4,5)35(45)48-29/h7-12,14-16,18,21-22,26-27,29,31-32,42H,13,17,19-20H2,1-6H3,(H,39,43)(H,40,41)/b14-10+/t22-,26-,27-,29-,31-,32+/m0/s1. The number of carbonyl (C=O) groups is 4. The number of carbonyl (C=O) groups excluding carboxylic acids is 4. The van der Waals surface area contributed by atoms with E-state index in [1.54, 1.807) is 63.2 Å². The number of methoxy groups -OCH3 is 1. The highest BCUT2D eigenvalue weighted by atomic mass is 35.5. The number of rotatable bonds is 9. The van der Waals surface area contributed by atoms with Gasteiger partial charge in [0.05, 0.1) is 29.0 Å². The summed E-state index contributed by atoms with van der Waals surface area (Å²) in [6, 6.07) is 13.0. The third-order valence-corrected chi connectivity index (χ3v) is 9.00. The lowest BCUT2D eigenvalue weighted by atomic mass is 9.90. The lowest BCUT2D eigenvalue weighted by Crippen LogP contribution is -2.51. The molecule has 3 rings (SSSR count). The summed E-state index contributed by atoms with van der Waals surface area (Å²) in [5.74, 6) is -2.87. The molecule has 262 valence electrons. The minimum atomic E-state index is -1.25. The first-order chi connectivity index (χ1) is 22.6. The minimum absolute atomic E-state index is 0.0224. The van der Waals surface area contributed by atoms with Crippen LogP contribution in [0.2, 0.25) is 5.02 Å². The van der Waals surface area contributed by atoms with E-state index in [2.05, 4.69) is 10.6 Å². The van der Waals surface area contributed by atoms with E-state index in [0.29, 0.717) is 21.9 Å². The molecule has 0 unspecified atom stereocenters. The summed E-state index contributed by atoms with van der Waals surface area (Å²) in [5, 5.41) is 16.3. The second-order valence-electron chi connectivity index (χ2n) is 13.1. The van der Waals surface area contributed by atoms with Gasteiger partial charge in [0.15, 0.2) is 6.10 Å². The van der Waals surface area contributed by atoms with Gasteiger partial charge in [0, 0.05) is 25.3 Å². The predicted octanol–water partition coefficient (Wildman–Crippen LogP) is 5.33. The third kappa shape index (κ3) is 11.0. The topological polar surface area (TPSA) is 140 Å². The summed E-state index contributed by atoms with van der Waals surface area (Å²) in [7, 11) is 1.49. The summed E-state index contributed by atoms with van der Waals surface area (Å²) in [6.07, 6.45) is -0.287. The Kier molecular flexibility index (Phi) is 14.3. The van der Waals surface area contributed by atoms with Crippen molar-refractivity contribution in [3.63, 3.8) is 0 Å². The van der Waals surface area contributed by atoms with Gasteiger partial charge in [0.25, 0.3) is 0 Å². The molecule has 2 amide bonds. The van der Waals surface area contributed by atoms with Crippen LogP contribution < -0.4 is 15.4 Å². The minimum Gasteiger partial charge on any atom is -0.495 e.